The first kappa shape index (κ1) is 32.1. The van der Waals surface area contributed by atoms with Gasteiger partial charge in [0.05, 0.1) is 17.7 Å². The van der Waals surface area contributed by atoms with Gasteiger partial charge in [-0.2, -0.15) is 0 Å². The lowest BCUT2D eigenvalue weighted by Crippen LogP contribution is -2.60. The Bertz CT molecular complexity index is 1560. The molecule has 12 nitrogen and oxygen atoms in total. The molecule has 44 heavy (non-hydrogen) atoms. The van der Waals surface area contributed by atoms with Crippen LogP contribution in [0.1, 0.15) is 56.8 Å². The van der Waals surface area contributed by atoms with E-state index in [0.29, 0.717) is 12.4 Å². The van der Waals surface area contributed by atoms with Gasteiger partial charge in [-0.05, 0) is 43.3 Å². The maximum absolute atomic E-state index is 15.4. The zero-order chi connectivity index (χ0) is 32.1. The van der Waals surface area contributed by atoms with Crippen LogP contribution in [0.4, 0.5) is 4.39 Å². The molecule has 0 saturated carbocycles. The van der Waals surface area contributed by atoms with Gasteiger partial charge >= 0.3 is 23.9 Å². The van der Waals surface area contributed by atoms with Crippen molar-refractivity contribution in [2.45, 2.75) is 65.3 Å². The number of halogens is 1. The molecule has 0 bridgehead atoms. The fraction of sp³-hybridized carbons (Fsp3) is 0.387. The molecule has 0 amide bonds. The molecule has 234 valence electrons. The summed E-state index contributed by atoms with van der Waals surface area (Å²) in [6.07, 6.45) is -5.55. The summed E-state index contributed by atoms with van der Waals surface area (Å²) in [7, 11) is 0. The number of hydrogen-bond acceptors (Lipinski definition) is 11. The Morgan fingerprint density at radius 3 is 2.02 bits per heavy atom. The summed E-state index contributed by atoms with van der Waals surface area (Å²) in [4.78, 5) is 62.0. The Hall–Kier alpha value is -4.78. The van der Waals surface area contributed by atoms with Gasteiger partial charge in [-0.15, -0.1) is 0 Å². The van der Waals surface area contributed by atoms with Crippen molar-refractivity contribution in [1.82, 2.24) is 4.57 Å². The van der Waals surface area contributed by atoms with Gasteiger partial charge in [-0.1, -0.05) is 6.07 Å². The highest BCUT2D eigenvalue weighted by Gasteiger charge is 2.53. The Labute approximate surface area is 251 Å². The van der Waals surface area contributed by atoms with Gasteiger partial charge in [0, 0.05) is 44.8 Å². The van der Waals surface area contributed by atoms with E-state index in [9.17, 15) is 24.0 Å². The van der Waals surface area contributed by atoms with Crippen molar-refractivity contribution in [3.8, 4) is 5.75 Å². The number of nitrogens with zero attached hydrogens (tertiary/aromatic N) is 1. The van der Waals surface area contributed by atoms with E-state index in [2.05, 4.69) is 0 Å². The molecule has 4 rings (SSSR count). The number of carbonyl (C=O) groups excluding carboxylic acids is 5. The molecule has 0 N–H and O–H groups in total. The van der Waals surface area contributed by atoms with Crippen LogP contribution in [0, 0.1) is 5.82 Å². The number of hydrogen-bond donors (Lipinski definition) is 0. The summed E-state index contributed by atoms with van der Waals surface area (Å²) in [5.41, 5.74) is 0.396. The molecule has 0 radical (unpaired) electrons. The van der Waals surface area contributed by atoms with E-state index in [1.807, 2.05) is 6.92 Å². The Morgan fingerprint density at radius 2 is 1.43 bits per heavy atom. The van der Waals surface area contributed by atoms with Crippen LogP contribution in [0.5, 0.6) is 5.75 Å². The minimum atomic E-state index is -1.46. The summed E-state index contributed by atoms with van der Waals surface area (Å²) in [5, 5.41) is -0.0424. The molecule has 2 heterocycles. The van der Waals surface area contributed by atoms with E-state index >= 15 is 4.39 Å². The fourth-order valence-corrected chi connectivity index (χ4v) is 5.10. The molecule has 3 aromatic rings. The van der Waals surface area contributed by atoms with Gasteiger partial charge < -0.3 is 33.0 Å². The molecule has 0 spiro atoms. The Balaban J connectivity index is 1.89. The van der Waals surface area contributed by atoms with Crippen LogP contribution in [-0.2, 0) is 42.9 Å². The van der Waals surface area contributed by atoms with E-state index in [0.717, 1.165) is 27.7 Å². The first-order valence-electron chi connectivity index (χ1n) is 13.8. The molecule has 0 aliphatic carbocycles. The SMILES string of the molecule is CCOc1ccc(C(=O)c2cn([C@@H]3O[C@H](COC(C)=O)[C@@H](OC(C)=O)[C@H](OC(C)=O)[C@H]3OC(C)=O)c3cccc(F)c23)cc1. The van der Waals surface area contributed by atoms with Crippen molar-refractivity contribution in [2.24, 2.45) is 0 Å². The predicted octanol–water partition coefficient (Wildman–Crippen LogP) is 3.67. The third-order valence-electron chi connectivity index (χ3n) is 6.72. The number of rotatable bonds is 10. The first-order chi connectivity index (χ1) is 20.9. The monoisotopic (exact) mass is 613 g/mol. The number of ketones is 1. The third-order valence-corrected chi connectivity index (χ3v) is 6.72. The fourth-order valence-electron chi connectivity index (χ4n) is 5.10. The average Bonchev–Trinajstić information content (AvgIpc) is 3.34. The zero-order valence-corrected chi connectivity index (χ0v) is 24.7. The van der Waals surface area contributed by atoms with Crippen molar-refractivity contribution in [1.29, 1.82) is 0 Å². The van der Waals surface area contributed by atoms with Gasteiger partial charge in [-0.25, -0.2) is 4.39 Å². The molecule has 0 unspecified atom stereocenters. The van der Waals surface area contributed by atoms with Gasteiger partial charge in [0.2, 0.25) is 0 Å². The van der Waals surface area contributed by atoms with E-state index in [1.54, 1.807) is 24.3 Å². The number of esters is 4. The van der Waals surface area contributed by atoms with Crippen LogP contribution in [0.2, 0.25) is 0 Å². The molecule has 5 atom stereocenters. The molecule has 1 saturated heterocycles. The molecule has 13 heteroatoms. The topological polar surface area (TPSA) is 146 Å². The zero-order valence-electron chi connectivity index (χ0n) is 24.7. The summed E-state index contributed by atoms with van der Waals surface area (Å²) in [6.45, 7) is 6.30. The quantitative estimate of drug-likeness (QED) is 0.188. The lowest BCUT2D eigenvalue weighted by molar-refractivity contribution is -0.267. The standard InChI is InChI=1S/C31H32FNO11/c1-6-39-21-12-10-20(11-13-21)27(38)22-14-33(24-9-7-8-23(32)26(22)24)31-30(43-19(5)37)29(42-18(4)36)28(41-17(3)35)25(44-31)15-40-16(2)34/h7-14,25,28-31H,6,15H2,1-5H3/t25-,28-,29+,30-,31-/m1/s1. The van der Waals surface area contributed by atoms with Crippen LogP contribution < -0.4 is 4.74 Å². The van der Waals surface area contributed by atoms with Crippen LogP contribution in [0.3, 0.4) is 0 Å². The summed E-state index contributed by atoms with van der Waals surface area (Å²) in [5.74, 6) is -3.72. The third kappa shape index (κ3) is 7.05. The summed E-state index contributed by atoms with van der Waals surface area (Å²) < 4.78 is 50.1. The minimum Gasteiger partial charge on any atom is -0.494 e. The number of aromatic nitrogens is 1. The average molecular weight is 614 g/mol. The van der Waals surface area contributed by atoms with Crippen LogP contribution in [-0.4, -0.2) is 71.9 Å². The van der Waals surface area contributed by atoms with Gasteiger partial charge in [-0.3, -0.25) is 24.0 Å². The van der Waals surface area contributed by atoms with Crippen LogP contribution >= 0.6 is 0 Å². The normalized spacial score (nSPS) is 21.3. The van der Waals surface area contributed by atoms with Crippen molar-refractivity contribution < 1.29 is 56.8 Å². The maximum atomic E-state index is 15.4. The van der Waals surface area contributed by atoms with Crippen LogP contribution in [0.25, 0.3) is 10.9 Å². The number of carbonyl (C=O) groups is 5. The van der Waals surface area contributed by atoms with Gasteiger partial charge in [0.25, 0.3) is 0 Å². The second kappa shape index (κ2) is 13.7. The number of fused-ring (bicyclic) bond motifs is 1. The second-order valence-corrected chi connectivity index (χ2v) is 9.96. The first-order valence-corrected chi connectivity index (χ1v) is 13.8. The van der Waals surface area contributed by atoms with E-state index in [1.165, 1.54) is 29.0 Å². The van der Waals surface area contributed by atoms with Gasteiger partial charge in [0.15, 0.2) is 30.3 Å². The van der Waals surface area contributed by atoms with E-state index in [4.69, 9.17) is 28.4 Å². The van der Waals surface area contributed by atoms with Gasteiger partial charge in [0.1, 0.15) is 24.3 Å². The minimum absolute atomic E-state index is 0.0323. The highest BCUT2D eigenvalue weighted by atomic mass is 19.1. The van der Waals surface area contributed by atoms with E-state index < -0.39 is 72.7 Å². The highest BCUT2D eigenvalue weighted by Crippen LogP contribution is 2.38. The maximum Gasteiger partial charge on any atom is 0.303 e. The predicted molar refractivity (Wildman–Crippen MR) is 150 cm³/mol. The number of benzene rings is 2. The molecule has 1 fully saturated rings. The lowest BCUT2D eigenvalue weighted by Gasteiger charge is -2.44. The van der Waals surface area contributed by atoms with Crippen molar-refractivity contribution in [2.75, 3.05) is 13.2 Å². The molecular weight excluding hydrogens is 581 g/mol. The largest absolute Gasteiger partial charge is 0.494 e. The molecule has 1 aromatic heterocycles. The highest BCUT2D eigenvalue weighted by molar-refractivity contribution is 6.16. The summed E-state index contributed by atoms with van der Waals surface area (Å²) >= 11 is 0. The Morgan fingerprint density at radius 1 is 0.818 bits per heavy atom. The Kier molecular flexibility index (Phi) is 9.99. The molecule has 1 aliphatic heterocycles. The number of ether oxygens (including phenoxy) is 6. The van der Waals surface area contributed by atoms with Crippen LogP contribution in [0.15, 0.2) is 48.7 Å². The van der Waals surface area contributed by atoms with Crippen molar-refractivity contribution >= 4 is 40.6 Å². The van der Waals surface area contributed by atoms with Crippen molar-refractivity contribution in [3.63, 3.8) is 0 Å². The molecule has 1 aliphatic rings. The smallest absolute Gasteiger partial charge is 0.303 e. The molecule has 2 aromatic carbocycles. The lowest BCUT2D eigenvalue weighted by atomic mass is 9.97. The molecular formula is C31H32FNO11. The van der Waals surface area contributed by atoms with E-state index in [-0.39, 0.29) is 22.0 Å². The summed E-state index contributed by atoms with van der Waals surface area (Å²) in [6, 6.07) is 10.5. The second-order valence-electron chi connectivity index (χ2n) is 9.96. The van der Waals surface area contributed by atoms with Crippen molar-refractivity contribution in [3.05, 3.63) is 65.6 Å².